The van der Waals surface area contributed by atoms with E-state index in [0.29, 0.717) is 18.1 Å². The summed E-state index contributed by atoms with van der Waals surface area (Å²) < 4.78 is 0. The fourth-order valence-electron chi connectivity index (χ4n) is 3.24. The molecular weight excluding hydrogens is 334 g/mol. The summed E-state index contributed by atoms with van der Waals surface area (Å²) in [4.78, 5) is 16.7. The van der Waals surface area contributed by atoms with Crippen molar-refractivity contribution in [3.05, 3.63) is 58.1 Å². The molecule has 0 unspecified atom stereocenters. The molecule has 0 aliphatic carbocycles. The van der Waals surface area contributed by atoms with Crippen molar-refractivity contribution < 1.29 is 4.79 Å². The Morgan fingerprint density at radius 2 is 1.64 bits per heavy atom. The minimum atomic E-state index is -0.0644. The van der Waals surface area contributed by atoms with Gasteiger partial charge in [-0.3, -0.25) is 0 Å². The van der Waals surface area contributed by atoms with Crippen molar-refractivity contribution in [3.63, 3.8) is 0 Å². The Hall–Kier alpha value is -2.20. The van der Waals surface area contributed by atoms with Gasteiger partial charge in [0.25, 0.3) is 0 Å². The third-order valence-electron chi connectivity index (χ3n) is 4.65. The minimum Gasteiger partial charge on any atom is -0.368 e. The number of benzene rings is 2. The smallest absolute Gasteiger partial charge is 0.321 e. The van der Waals surface area contributed by atoms with Crippen molar-refractivity contribution in [2.24, 2.45) is 0 Å². The van der Waals surface area contributed by atoms with Crippen LogP contribution in [-0.4, -0.2) is 37.1 Å². The summed E-state index contributed by atoms with van der Waals surface area (Å²) in [5.41, 5.74) is 5.45. The van der Waals surface area contributed by atoms with E-state index in [9.17, 15) is 4.79 Å². The molecule has 0 atom stereocenters. The van der Waals surface area contributed by atoms with Crippen molar-refractivity contribution in [1.82, 2.24) is 4.90 Å². The van der Waals surface area contributed by atoms with Crippen LogP contribution < -0.4 is 10.2 Å². The number of nitrogens with zero attached hydrogens (tertiary/aromatic N) is 2. The Kier molecular flexibility index (Phi) is 5.19. The zero-order valence-electron chi connectivity index (χ0n) is 15.0. The summed E-state index contributed by atoms with van der Waals surface area (Å²) in [7, 11) is 0. The van der Waals surface area contributed by atoms with E-state index in [1.54, 1.807) is 0 Å². The molecule has 2 aromatic rings. The van der Waals surface area contributed by atoms with Crippen molar-refractivity contribution in [2.75, 3.05) is 36.4 Å². The largest absolute Gasteiger partial charge is 0.368 e. The molecule has 0 radical (unpaired) electrons. The first-order valence-corrected chi connectivity index (χ1v) is 8.96. The van der Waals surface area contributed by atoms with Crippen LogP contribution in [0.25, 0.3) is 0 Å². The lowest BCUT2D eigenvalue weighted by Crippen LogP contribution is -2.50. The molecule has 2 aromatic carbocycles. The van der Waals surface area contributed by atoms with Gasteiger partial charge in [-0.15, -0.1) is 0 Å². The summed E-state index contributed by atoms with van der Waals surface area (Å²) in [6.07, 6.45) is 0. The molecule has 0 bridgehead atoms. The highest BCUT2D eigenvalue weighted by Gasteiger charge is 2.22. The molecule has 25 heavy (non-hydrogen) atoms. The molecule has 132 valence electrons. The zero-order valence-corrected chi connectivity index (χ0v) is 15.7. The van der Waals surface area contributed by atoms with E-state index in [1.165, 1.54) is 16.8 Å². The Bertz CT molecular complexity index is 762. The second-order valence-corrected chi connectivity index (χ2v) is 7.07. The van der Waals surface area contributed by atoms with Gasteiger partial charge in [0.2, 0.25) is 0 Å². The van der Waals surface area contributed by atoms with E-state index in [1.807, 2.05) is 30.0 Å². The molecule has 0 aromatic heterocycles. The first-order chi connectivity index (χ1) is 11.9. The standard InChI is InChI=1S/C20H24ClN3O/c1-14-11-15(2)13-17(12-14)23-7-9-24(10-8-23)20(25)22-19-6-4-5-18(21)16(19)3/h4-6,11-13H,7-10H2,1-3H3,(H,22,25). The molecule has 1 aliphatic rings. The van der Waals surface area contributed by atoms with Gasteiger partial charge in [-0.2, -0.15) is 0 Å². The number of aryl methyl sites for hydroxylation is 2. The van der Waals surface area contributed by atoms with Crippen molar-refractivity contribution >= 4 is 29.0 Å². The van der Waals surface area contributed by atoms with Gasteiger partial charge >= 0.3 is 6.03 Å². The Morgan fingerprint density at radius 3 is 2.28 bits per heavy atom. The summed E-state index contributed by atoms with van der Waals surface area (Å²) in [6.45, 7) is 9.24. The molecule has 1 saturated heterocycles. The topological polar surface area (TPSA) is 35.6 Å². The molecule has 1 heterocycles. The first kappa shape index (κ1) is 17.6. The van der Waals surface area contributed by atoms with Gasteiger partial charge < -0.3 is 15.1 Å². The van der Waals surface area contributed by atoms with Crippen LogP contribution in [-0.2, 0) is 0 Å². The quantitative estimate of drug-likeness (QED) is 0.851. The number of hydrogen-bond acceptors (Lipinski definition) is 2. The van der Waals surface area contributed by atoms with E-state index in [-0.39, 0.29) is 6.03 Å². The summed E-state index contributed by atoms with van der Waals surface area (Å²) in [5.74, 6) is 0. The number of nitrogens with one attached hydrogen (secondary N) is 1. The van der Waals surface area contributed by atoms with Gasteiger partial charge in [0.1, 0.15) is 0 Å². The predicted octanol–water partition coefficient (Wildman–Crippen LogP) is 4.62. The molecule has 1 fully saturated rings. The van der Waals surface area contributed by atoms with Gasteiger partial charge in [-0.25, -0.2) is 4.79 Å². The number of hydrogen-bond donors (Lipinski definition) is 1. The predicted molar refractivity (Wildman–Crippen MR) is 105 cm³/mol. The van der Waals surface area contributed by atoms with Crippen LogP contribution >= 0.6 is 11.6 Å². The average molecular weight is 358 g/mol. The van der Waals surface area contributed by atoms with E-state index in [2.05, 4.69) is 42.3 Å². The highest BCUT2D eigenvalue weighted by Crippen LogP contribution is 2.24. The van der Waals surface area contributed by atoms with Gasteiger partial charge in [-0.1, -0.05) is 23.7 Å². The van der Waals surface area contributed by atoms with Crippen LogP contribution in [0.2, 0.25) is 5.02 Å². The SMILES string of the molecule is Cc1cc(C)cc(N2CCN(C(=O)Nc3cccc(Cl)c3C)CC2)c1. The van der Waals surface area contributed by atoms with Crippen LogP contribution in [0.4, 0.5) is 16.2 Å². The molecule has 5 heteroatoms. The van der Waals surface area contributed by atoms with Gasteiger partial charge in [-0.05, 0) is 61.7 Å². The van der Waals surface area contributed by atoms with Crippen molar-refractivity contribution in [3.8, 4) is 0 Å². The third-order valence-corrected chi connectivity index (χ3v) is 5.06. The maximum atomic E-state index is 12.5. The fraction of sp³-hybridized carbons (Fsp3) is 0.350. The van der Waals surface area contributed by atoms with E-state index >= 15 is 0 Å². The number of amides is 2. The zero-order chi connectivity index (χ0) is 18.0. The summed E-state index contributed by atoms with van der Waals surface area (Å²) in [5, 5.41) is 3.64. The number of rotatable bonds is 2. The minimum absolute atomic E-state index is 0.0644. The van der Waals surface area contributed by atoms with Crippen molar-refractivity contribution in [1.29, 1.82) is 0 Å². The lowest BCUT2D eigenvalue weighted by molar-refractivity contribution is 0.208. The molecule has 2 amide bonds. The van der Waals surface area contributed by atoms with Crippen LogP contribution in [0.1, 0.15) is 16.7 Å². The maximum absolute atomic E-state index is 12.5. The number of urea groups is 1. The van der Waals surface area contributed by atoms with Crippen LogP contribution in [0.5, 0.6) is 0 Å². The summed E-state index contributed by atoms with van der Waals surface area (Å²) in [6, 6.07) is 12.1. The van der Waals surface area contributed by atoms with Crippen LogP contribution in [0, 0.1) is 20.8 Å². The van der Waals surface area contributed by atoms with E-state index < -0.39 is 0 Å². The molecule has 1 aliphatic heterocycles. The van der Waals surface area contributed by atoms with Gasteiger partial charge in [0, 0.05) is 42.6 Å². The third kappa shape index (κ3) is 4.07. The molecule has 4 nitrogen and oxygen atoms in total. The second-order valence-electron chi connectivity index (χ2n) is 6.66. The number of anilines is 2. The van der Waals surface area contributed by atoms with E-state index in [4.69, 9.17) is 11.6 Å². The number of carbonyl (C=O) groups is 1. The molecule has 1 N–H and O–H groups in total. The molecular formula is C20H24ClN3O. The van der Waals surface area contributed by atoms with Gasteiger partial charge in [0.15, 0.2) is 0 Å². The highest BCUT2D eigenvalue weighted by atomic mass is 35.5. The van der Waals surface area contributed by atoms with Gasteiger partial charge in [0.05, 0.1) is 0 Å². The molecule has 3 rings (SSSR count). The Morgan fingerprint density at radius 1 is 1.00 bits per heavy atom. The lowest BCUT2D eigenvalue weighted by Gasteiger charge is -2.36. The molecule has 0 spiro atoms. The second kappa shape index (κ2) is 7.36. The number of piperazine rings is 1. The maximum Gasteiger partial charge on any atom is 0.321 e. The van der Waals surface area contributed by atoms with Crippen LogP contribution in [0.15, 0.2) is 36.4 Å². The molecule has 0 saturated carbocycles. The normalized spacial score (nSPS) is 14.6. The lowest BCUT2D eigenvalue weighted by atomic mass is 10.1. The average Bonchev–Trinajstić information content (AvgIpc) is 2.58. The fourth-order valence-corrected chi connectivity index (χ4v) is 3.41. The number of halogens is 1. The van der Waals surface area contributed by atoms with Crippen molar-refractivity contribution in [2.45, 2.75) is 20.8 Å². The number of carbonyl (C=O) groups excluding carboxylic acids is 1. The first-order valence-electron chi connectivity index (χ1n) is 8.58. The van der Waals surface area contributed by atoms with Crippen LogP contribution in [0.3, 0.4) is 0 Å². The highest BCUT2D eigenvalue weighted by molar-refractivity contribution is 6.31. The Balaban J connectivity index is 1.62. The van der Waals surface area contributed by atoms with E-state index in [0.717, 1.165) is 24.3 Å². The Labute approximate surface area is 154 Å². The monoisotopic (exact) mass is 357 g/mol. The summed E-state index contributed by atoms with van der Waals surface area (Å²) >= 11 is 6.12.